The van der Waals surface area contributed by atoms with Gasteiger partial charge in [-0.15, -0.1) is 0 Å². The number of amides is 1. The highest BCUT2D eigenvalue weighted by Crippen LogP contribution is 2.24. The van der Waals surface area contributed by atoms with E-state index in [0.717, 1.165) is 32.0 Å². The molecule has 2 atom stereocenters. The molecule has 1 saturated heterocycles. The van der Waals surface area contributed by atoms with Crippen molar-refractivity contribution < 1.29 is 4.79 Å². The number of nitrogens with one attached hydrogen (secondary N) is 1. The Morgan fingerprint density at radius 3 is 2.50 bits per heavy atom. The average molecular weight is 282 g/mol. The highest BCUT2D eigenvalue weighted by Gasteiger charge is 2.30. The minimum Gasteiger partial charge on any atom is -0.341 e. The Morgan fingerprint density at radius 1 is 1.25 bits per heavy atom. The molecule has 1 fully saturated rings. The van der Waals surface area contributed by atoms with Crippen LogP contribution in [0.25, 0.3) is 0 Å². The van der Waals surface area contributed by atoms with Crippen molar-refractivity contribution in [3.05, 3.63) is 0 Å². The van der Waals surface area contributed by atoms with Crippen LogP contribution in [0, 0.1) is 17.8 Å². The van der Waals surface area contributed by atoms with E-state index in [2.05, 4.69) is 44.8 Å². The Balaban J connectivity index is 2.54. The van der Waals surface area contributed by atoms with Gasteiger partial charge in [-0.25, -0.2) is 0 Å². The molecule has 1 N–H and O–H groups in total. The monoisotopic (exact) mass is 282 g/mol. The number of likely N-dealkylation sites (tertiary alicyclic amines) is 1. The second-order valence-corrected chi connectivity index (χ2v) is 7.12. The Bertz CT molecular complexity index is 289. The van der Waals surface area contributed by atoms with Crippen molar-refractivity contribution in [3.8, 4) is 0 Å². The van der Waals surface area contributed by atoms with Crippen LogP contribution in [0.3, 0.4) is 0 Å². The minimum atomic E-state index is 0.341. The van der Waals surface area contributed by atoms with Gasteiger partial charge < -0.3 is 10.2 Å². The lowest BCUT2D eigenvalue weighted by atomic mass is 9.85. The fourth-order valence-corrected chi connectivity index (χ4v) is 2.92. The summed E-state index contributed by atoms with van der Waals surface area (Å²) < 4.78 is 0. The minimum absolute atomic E-state index is 0.341. The van der Waals surface area contributed by atoms with Crippen LogP contribution in [0.4, 0.5) is 0 Å². The predicted octanol–water partition coefficient (Wildman–Crippen LogP) is 3.30. The van der Waals surface area contributed by atoms with Gasteiger partial charge in [-0.05, 0) is 43.6 Å². The molecule has 0 spiro atoms. The lowest BCUT2D eigenvalue weighted by molar-refractivity contribution is -0.134. The van der Waals surface area contributed by atoms with Gasteiger partial charge in [0.15, 0.2) is 0 Å². The molecule has 2 unspecified atom stereocenters. The topological polar surface area (TPSA) is 32.3 Å². The van der Waals surface area contributed by atoms with E-state index in [1.807, 2.05) is 0 Å². The van der Waals surface area contributed by atoms with Crippen molar-refractivity contribution in [2.45, 2.75) is 66.3 Å². The van der Waals surface area contributed by atoms with E-state index in [9.17, 15) is 4.79 Å². The van der Waals surface area contributed by atoms with Gasteiger partial charge in [0.2, 0.25) is 5.91 Å². The van der Waals surface area contributed by atoms with Crippen LogP contribution in [0.1, 0.15) is 60.3 Å². The van der Waals surface area contributed by atoms with E-state index < -0.39 is 0 Å². The van der Waals surface area contributed by atoms with E-state index in [0.29, 0.717) is 30.2 Å². The summed E-state index contributed by atoms with van der Waals surface area (Å²) in [6.07, 6.45) is 4.08. The van der Waals surface area contributed by atoms with Crippen molar-refractivity contribution in [2.75, 3.05) is 19.6 Å². The summed E-state index contributed by atoms with van der Waals surface area (Å²) in [7, 11) is 0. The normalized spacial score (nSPS) is 23.6. The molecule has 20 heavy (non-hydrogen) atoms. The molecule has 3 heteroatoms. The molecule has 0 aliphatic carbocycles. The van der Waals surface area contributed by atoms with Crippen molar-refractivity contribution in [3.63, 3.8) is 0 Å². The second kappa shape index (κ2) is 8.66. The zero-order chi connectivity index (χ0) is 15.1. The molecular formula is C17H34N2O. The summed E-state index contributed by atoms with van der Waals surface area (Å²) >= 11 is 0. The summed E-state index contributed by atoms with van der Waals surface area (Å²) in [5, 5.41) is 3.67. The summed E-state index contributed by atoms with van der Waals surface area (Å²) in [4.78, 5) is 14.3. The number of hydrogen-bond acceptors (Lipinski definition) is 2. The summed E-state index contributed by atoms with van der Waals surface area (Å²) in [6, 6.07) is 0.482. The van der Waals surface area contributed by atoms with Gasteiger partial charge in [0, 0.05) is 25.6 Å². The number of piperidine rings is 1. The first-order chi connectivity index (χ1) is 9.43. The number of nitrogens with zero attached hydrogens (tertiary/aromatic N) is 1. The molecule has 0 aromatic carbocycles. The van der Waals surface area contributed by atoms with E-state index in [-0.39, 0.29) is 0 Å². The van der Waals surface area contributed by atoms with Crippen LogP contribution >= 0.6 is 0 Å². The highest BCUT2D eigenvalue weighted by molar-refractivity contribution is 5.76. The molecule has 3 nitrogen and oxygen atoms in total. The summed E-state index contributed by atoms with van der Waals surface area (Å²) in [5.41, 5.74) is 0. The Morgan fingerprint density at radius 2 is 1.95 bits per heavy atom. The van der Waals surface area contributed by atoms with Crippen LogP contribution in [0.5, 0.6) is 0 Å². The number of carbonyl (C=O) groups excluding carboxylic acids is 1. The van der Waals surface area contributed by atoms with Crippen molar-refractivity contribution in [2.24, 2.45) is 17.8 Å². The Labute approximate surface area is 125 Å². The molecule has 0 saturated carbocycles. The third-order valence-electron chi connectivity index (χ3n) is 4.40. The molecule has 0 radical (unpaired) electrons. The fraction of sp³-hybridized carbons (Fsp3) is 0.941. The van der Waals surface area contributed by atoms with E-state index in [4.69, 9.17) is 0 Å². The first-order valence-corrected chi connectivity index (χ1v) is 8.45. The molecular weight excluding hydrogens is 248 g/mol. The quantitative estimate of drug-likeness (QED) is 0.777. The van der Waals surface area contributed by atoms with Gasteiger partial charge >= 0.3 is 0 Å². The van der Waals surface area contributed by atoms with E-state index in [1.165, 1.54) is 12.8 Å². The average Bonchev–Trinajstić information content (AvgIpc) is 2.38. The van der Waals surface area contributed by atoms with Crippen molar-refractivity contribution in [1.82, 2.24) is 10.2 Å². The lowest BCUT2D eigenvalue weighted by Gasteiger charge is -2.40. The van der Waals surface area contributed by atoms with Crippen molar-refractivity contribution in [1.29, 1.82) is 0 Å². The Hall–Kier alpha value is -0.570. The SMILES string of the molecule is CCCC(=O)N1CC(NCCC(C)C)CC(C(C)C)C1. The van der Waals surface area contributed by atoms with Gasteiger partial charge in [0.1, 0.15) is 0 Å². The van der Waals surface area contributed by atoms with Gasteiger partial charge in [0.05, 0.1) is 0 Å². The molecule has 118 valence electrons. The maximum atomic E-state index is 12.2. The second-order valence-electron chi connectivity index (χ2n) is 7.12. The first-order valence-electron chi connectivity index (χ1n) is 8.45. The molecule has 1 heterocycles. The standard InChI is InChI=1S/C17H34N2O/c1-6-7-17(20)19-11-15(14(4)5)10-16(12-19)18-9-8-13(2)3/h13-16,18H,6-12H2,1-5H3. The van der Waals surface area contributed by atoms with Crippen molar-refractivity contribution >= 4 is 5.91 Å². The predicted molar refractivity (Wildman–Crippen MR) is 85.7 cm³/mol. The van der Waals surface area contributed by atoms with Crippen LogP contribution in [-0.4, -0.2) is 36.5 Å². The summed E-state index contributed by atoms with van der Waals surface area (Å²) in [6.45, 7) is 14.1. The van der Waals surface area contributed by atoms with Gasteiger partial charge in [-0.3, -0.25) is 4.79 Å². The smallest absolute Gasteiger partial charge is 0.222 e. The van der Waals surface area contributed by atoms with Gasteiger partial charge in [-0.2, -0.15) is 0 Å². The number of hydrogen-bond donors (Lipinski definition) is 1. The zero-order valence-corrected chi connectivity index (χ0v) is 14.1. The maximum absolute atomic E-state index is 12.2. The fourth-order valence-electron chi connectivity index (χ4n) is 2.92. The third kappa shape index (κ3) is 5.82. The van der Waals surface area contributed by atoms with Crippen LogP contribution in [-0.2, 0) is 4.79 Å². The first kappa shape index (κ1) is 17.5. The van der Waals surface area contributed by atoms with Gasteiger partial charge in [0.25, 0.3) is 0 Å². The molecule has 1 rings (SSSR count). The third-order valence-corrected chi connectivity index (χ3v) is 4.40. The lowest BCUT2D eigenvalue weighted by Crippen LogP contribution is -2.52. The molecule has 1 aliphatic heterocycles. The maximum Gasteiger partial charge on any atom is 0.222 e. The molecule has 0 bridgehead atoms. The number of rotatable bonds is 7. The molecule has 0 aromatic heterocycles. The molecule has 0 aromatic rings. The Kier molecular flexibility index (Phi) is 7.57. The molecule has 1 aliphatic rings. The zero-order valence-electron chi connectivity index (χ0n) is 14.1. The van der Waals surface area contributed by atoms with E-state index in [1.54, 1.807) is 0 Å². The molecule has 1 amide bonds. The number of carbonyl (C=O) groups is 1. The van der Waals surface area contributed by atoms with E-state index >= 15 is 0 Å². The van der Waals surface area contributed by atoms with Crippen LogP contribution < -0.4 is 5.32 Å². The summed E-state index contributed by atoms with van der Waals surface area (Å²) in [5.74, 6) is 2.38. The highest BCUT2D eigenvalue weighted by atomic mass is 16.2. The van der Waals surface area contributed by atoms with Crippen LogP contribution in [0.15, 0.2) is 0 Å². The van der Waals surface area contributed by atoms with Gasteiger partial charge in [-0.1, -0.05) is 34.6 Å². The largest absolute Gasteiger partial charge is 0.341 e. The van der Waals surface area contributed by atoms with Crippen LogP contribution in [0.2, 0.25) is 0 Å².